The van der Waals surface area contributed by atoms with Gasteiger partial charge in [-0.2, -0.15) is 0 Å². The van der Waals surface area contributed by atoms with Crippen molar-refractivity contribution in [2.24, 2.45) is 5.92 Å². The highest BCUT2D eigenvalue weighted by Gasteiger charge is 2.20. The molecule has 1 unspecified atom stereocenters. The molecule has 1 aliphatic heterocycles. The van der Waals surface area contributed by atoms with Crippen molar-refractivity contribution in [3.05, 3.63) is 64.7 Å². The Balaban J connectivity index is 1.70. The maximum Gasteiger partial charge on any atom is 0.227 e. The van der Waals surface area contributed by atoms with Gasteiger partial charge in [-0.1, -0.05) is 25.1 Å². The molecule has 0 bridgehead atoms. The van der Waals surface area contributed by atoms with Crippen LogP contribution in [0, 0.1) is 17.6 Å². The largest absolute Gasteiger partial charge is 0.323 e. The summed E-state index contributed by atoms with van der Waals surface area (Å²) in [7, 11) is 0. The first-order valence-electron chi connectivity index (χ1n) is 8.11. The van der Waals surface area contributed by atoms with Gasteiger partial charge in [0.05, 0.1) is 5.69 Å². The fraction of sp³-hybridized carbons (Fsp3) is 0.316. The molecule has 2 N–H and O–H groups in total. The zero-order valence-corrected chi connectivity index (χ0v) is 13.5. The molecule has 0 aromatic heterocycles. The molecule has 0 saturated heterocycles. The molecule has 1 heterocycles. The lowest BCUT2D eigenvalue weighted by Crippen LogP contribution is -2.26. The second kappa shape index (κ2) is 7.09. The van der Waals surface area contributed by atoms with Gasteiger partial charge < -0.3 is 10.6 Å². The molecule has 1 amide bonds. The summed E-state index contributed by atoms with van der Waals surface area (Å²) in [5.41, 5.74) is 2.57. The van der Waals surface area contributed by atoms with Gasteiger partial charge in [0.1, 0.15) is 11.6 Å². The van der Waals surface area contributed by atoms with Crippen molar-refractivity contribution >= 4 is 11.6 Å². The number of hydrogen-bond donors (Lipinski definition) is 2. The smallest absolute Gasteiger partial charge is 0.227 e. The first-order valence-corrected chi connectivity index (χ1v) is 8.11. The predicted octanol–water partition coefficient (Wildman–Crippen LogP) is 3.43. The van der Waals surface area contributed by atoms with Crippen molar-refractivity contribution in [2.45, 2.75) is 26.3 Å². The zero-order chi connectivity index (χ0) is 17.1. The fourth-order valence-corrected chi connectivity index (χ4v) is 3.00. The van der Waals surface area contributed by atoms with Gasteiger partial charge in [0.2, 0.25) is 5.91 Å². The third-order valence-electron chi connectivity index (χ3n) is 4.34. The molecule has 126 valence electrons. The number of benzene rings is 2. The topological polar surface area (TPSA) is 41.1 Å². The van der Waals surface area contributed by atoms with Gasteiger partial charge in [-0.15, -0.1) is 0 Å². The molecular weight excluding hydrogens is 310 g/mol. The summed E-state index contributed by atoms with van der Waals surface area (Å²) in [4.78, 5) is 12.3. The van der Waals surface area contributed by atoms with E-state index < -0.39 is 0 Å². The fourth-order valence-electron chi connectivity index (χ4n) is 3.00. The number of carbonyl (C=O) groups is 1. The van der Waals surface area contributed by atoms with E-state index in [-0.39, 0.29) is 29.1 Å². The van der Waals surface area contributed by atoms with Crippen LogP contribution in [-0.2, 0) is 24.2 Å². The lowest BCUT2D eigenvalue weighted by atomic mass is 9.98. The Kier molecular flexibility index (Phi) is 4.90. The van der Waals surface area contributed by atoms with Gasteiger partial charge in [-0.3, -0.25) is 4.79 Å². The standard InChI is InChI=1S/C19H20F2N2O/c1-12(9-13-3-2-4-15(20)10-13)19(24)23-17-6-5-14-11-22-8-7-16(14)18(17)21/h2-6,10,12,22H,7-9,11H2,1H3,(H,23,24). The van der Waals surface area contributed by atoms with Crippen molar-refractivity contribution in [3.63, 3.8) is 0 Å². The minimum absolute atomic E-state index is 0.215. The molecular formula is C19H20F2N2O. The van der Waals surface area contributed by atoms with E-state index >= 15 is 0 Å². The van der Waals surface area contributed by atoms with Gasteiger partial charge in [0.15, 0.2) is 0 Å². The number of anilines is 1. The molecule has 1 atom stereocenters. The Hall–Kier alpha value is -2.27. The van der Waals surface area contributed by atoms with E-state index in [1.807, 2.05) is 6.07 Å². The summed E-state index contributed by atoms with van der Waals surface area (Å²) in [6.45, 7) is 3.13. The van der Waals surface area contributed by atoms with Crippen LogP contribution in [0.25, 0.3) is 0 Å². The van der Waals surface area contributed by atoms with Crippen LogP contribution < -0.4 is 10.6 Å². The summed E-state index contributed by atoms with van der Waals surface area (Å²) in [5, 5.41) is 5.86. The first kappa shape index (κ1) is 16.6. The minimum atomic E-state index is -0.385. The van der Waals surface area contributed by atoms with Crippen molar-refractivity contribution in [1.82, 2.24) is 5.32 Å². The van der Waals surface area contributed by atoms with Gasteiger partial charge in [0.25, 0.3) is 0 Å². The van der Waals surface area contributed by atoms with Crippen molar-refractivity contribution in [1.29, 1.82) is 0 Å². The molecule has 0 radical (unpaired) electrons. The lowest BCUT2D eigenvalue weighted by Gasteiger charge is -2.20. The average molecular weight is 330 g/mol. The first-order chi connectivity index (χ1) is 11.5. The van der Waals surface area contributed by atoms with Crippen LogP contribution in [0.4, 0.5) is 14.5 Å². The minimum Gasteiger partial charge on any atom is -0.323 e. The molecule has 3 rings (SSSR count). The number of amides is 1. The maximum absolute atomic E-state index is 14.6. The number of halogens is 2. The Labute approximate surface area is 140 Å². The van der Waals surface area contributed by atoms with Crippen LogP contribution >= 0.6 is 0 Å². The van der Waals surface area contributed by atoms with Crippen molar-refractivity contribution in [3.8, 4) is 0 Å². The van der Waals surface area contributed by atoms with E-state index in [9.17, 15) is 13.6 Å². The number of nitrogens with one attached hydrogen (secondary N) is 2. The van der Waals surface area contributed by atoms with E-state index in [2.05, 4.69) is 10.6 Å². The molecule has 3 nitrogen and oxygen atoms in total. The Morgan fingerprint density at radius 1 is 1.29 bits per heavy atom. The molecule has 5 heteroatoms. The van der Waals surface area contributed by atoms with Crippen LogP contribution in [0.15, 0.2) is 36.4 Å². The molecule has 0 spiro atoms. The number of carbonyl (C=O) groups excluding carboxylic acids is 1. The summed E-state index contributed by atoms with van der Waals surface area (Å²) in [5.74, 6) is -1.33. The van der Waals surface area contributed by atoms with E-state index in [4.69, 9.17) is 0 Å². The SMILES string of the molecule is CC(Cc1cccc(F)c1)C(=O)Nc1ccc2c(c1F)CCNC2. The zero-order valence-electron chi connectivity index (χ0n) is 13.5. The summed E-state index contributed by atoms with van der Waals surface area (Å²) < 4.78 is 27.8. The Morgan fingerprint density at radius 2 is 2.12 bits per heavy atom. The second-order valence-corrected chi connectivity index (χ2v) is 6.22. The van der Waals surface area contributed by atoms with Gasteiger partial charge in [0, 0.05) is 12.5 Å². The van der Waals surface area contributed by atoms with E-state index in [0.717, 1.165) is 17.7 Å². The highest BCUT2D eigenvalue weighted by molar-refractivity contribution is 5.92. The van der Waals surface area contributed by atoms with Crippen LogP contribution in [-0.4, -0.2) is 12.5 Å². The number of hydrogen-bond acceptors (Lipinski definition) is 2. The quantitative estimate of drug-likeness (QED) is 0.902. The van der Waals surface area contributed by atoms with Gasteiger partial charge in [-0.05, 0) is 54.3 Å². The lowest BCUT2D eigenvalue weighted by molar-refractivity contribution is -0.119. The molecule has 0 saturated carbocycles. The highest BCUT2D eigenvalue weighted by atomic mass is 19.1. The predicted molar refractivity (Wildman–Crippen MR) is 89.7 cm³/mol. The van der Waals surface area contributed by atoms with E-state index in [1.165, 1.54) is 12.1 Å². The van der Waals surface area contributed by atoms with Crippen LogP contribution in [0.1, 0.15) is 23.6 Å². The van der Waals surface area contributed by atoms with Gasteiger partial charge in [-0.25, -0.2) is 8.78 Å². The van der Waals surface area contributed by atoms with Crippen molar-refractivity contribution < 1.29 is 13.6 Å². The molecule has 0 fully saturated rings. The molecule has 1 aliphatic rings. The summed E-state index contributed by atoms with van der Waals surface area (Å²) >= 11 is 0. The summed E-state index contributed by atoms with van der Waals surface area (Å²) in [6.07, 6.45) is 1.02. The normalized spacial score (nSPS) is 14.8. The molecule has 2 aromatic rings. The maximum atomic E-state index is 14.6. The highest BCUT2D eigenvalue weighted by Crippen LogP contribution is 2.25. The van der Waals surface area contributed by atoms with E-state index in [1.54, 1.807) is 25.1 Å². The Bertz CT molecular complexity index is 761. The molecule has 0 aliphatic carbocycles. The second-order valence-electron chi connectivity index (χ2n) is 6.22. The van der Waals surface area contributed by atoms with Crippen LogP contribution in [0.3, 0.4) is 0 Å². The monoisotopic (exact) mass is 330 g/mol. The third-order valence-corrected chi connectivity index (χ3v) is 4.34. The van der Waals surface area contributed by atoms with Crippen LogP contribution in [0.5, 0.6) is 0 Å². The number of fused-ring (bicyclic) bond motifs is 1. The molecule has 24 heavy (non-hydrogen) atoms. The van der Waals surface area contributed by atoms with Crippen molar-refractivity contribution in [2.75, 3.05) is 11.9 Å². The third kappa shape index (κ3) is 3.62. The van der Waals surface area contributed by atoms with E-state index in [0.29, 0.717) is 24.9 Å². The number of rotatable bonds is 4. The summed E-state index contributed by atoms with van der Waals surface area (Å²) in [6, 6.07) is 9.62. The molecule has 2 aromatic carbocycles. The average Bonchev–Trinajstić information content (AvgIpc) is 2.57. The Morgan fingerprint density at radius 3 is 2.92 bits per heavy atom. The van der Waals surface area contributed by atoms with Crippen LogP contribution in [0.2, 0.25) is 0 Å². The van der Waals surface area contributed by atoms with Gasteiger partial charge >= 0.3 is 0 Å².